The van der Waals surface area contributed by atoms with Gasteiger partial charge < -0.3 is 19.4 Å². The van der Waals surface area contributed by atoms with Crippen LogP contribution in [0, 0.1) is 5.92 Å². The van der Waals surface area contributed by atoms with Crippen molar-refractivity contribution in [1.82, 2.24) is 19.4 Å². The Hall–Kier alpha value is -3.91. The van der Waals surface area contributed by atoms with Gasteiger partial charge in [0.25, 0.3) is 0 Å². The van der Waals surface area contributed by atoms with Gasteiger partial charge in [0.05, 0.1) is 38.3 Å². The summed E-state index contributed by atoms with van der Waals surface area (Å²) in [5.41, 5.74) is 5.06. The maximum Gasteiger partial charge on any atom is 0.162 e. The molecule has 1 aliphatic heterocycles. The zero-order valence-electron chi connectivity index (χ0n) is 21.6. The number of piperidine rings is 1. The minimum absolute atomic E-state index is 0.192. The van der Waals surface area contributed by atoms with E-state index in [1.807, 2.05) is 28.8 Å². The molecule has 1 N–H and O–H groups in total. The van der Waals surface area contributed by atoms with Crippen molar-refractivity contribution in [2.75, 3.05) is 32.6 Å². The Morgan fingerprint density at radius 2 is 1.84 bits per heavy atom. The number of carbonyl (C=O) groups excluding carboxylic acids is 1. The number of pyridine rings is 1. The van der Waals surface area contributed by atoms with Crippen molar-refractivity contribution in [1.29, 1.82) is 0 Å². The lowest BCUT2D eigenvalue weighted by atomic mass is 9.92. The predicted octanol–water partition coefficient (Wildman–Crippen LogP) is 4.63. The molecule has 0 aliphatic carbocycles. The number of hydrogen-bond acceptors (Lipinski definition) is 7. The first-order chi connectivity index (χ1) is 18.1. The molecule has 0 spiro atoms. The summed E-state index contributed by atoms with van der Waals surface area (Å²) < 4.78 is 12.8. The Bertz CT molecular complexity index is 1370. The van der Waals surface area contributed by atoms with Crippen molar-refractivity contribution in [2.45, 2.75) is 32.5 Å². The molecule has 0 saturated carbocycles. The fraction of sp³-hybridized carbons (Fsp3) is 0.345. The molecule has 2 aromatic heterocycles. The van der Waals surface area contributed by atoms with E-state index in [1.165, 1.54) is 5.56 Å². The van der Waals surface area contributed by atoms with Crippen LogP contribution >= 0.6 is 0 Å². The van der Waals surface area contributed by atoms with E-state index < -0.39 is 0 Å². The molecule has 1 saturated heterocycles. The van der Waals surface area contributed by atoms with Gasteiger partial charge >= 0.3 is 0 Å². The van der Waals surface area contributed by atoms with Crippen molar-refractivity contribution in [3.63, 3.8) is 0 Å². The van der Waals surface area contributed by atoms with Crippen LogP contribution in [0.4, 0.5) is 5.69 Å². The highest BCUT2D eigenvalue weighted by molar-refractivity contribution is 5.97. The number of rotatable bonds is 9. The van der Waals surface area contributed by atoms with Crippen LogP contribution in [0.25, 0.3) is 11.2 Å². The van der Waals surface area contributed by atoms with Gasteiger partial charge in [-0.05, 0) is 42.1 Å². The van der Waals surface area contributed by atoms with Crippen molar-refractivity contribution >= 4 is 23.1 Å². The molecule has 0 bridgehead atoms. The summed E-state index contributed by atoms with van der Waals surface area (Å²) in [5, 5.41) is 3.69. The number of fused-ring (bicyclic) bond motifs is 1. The number of carbonyl (C=O) groups is 1. The molecule has 5 rings (SSSR count). The first kappa shape index (κ1) is 24.8. The van der Waals surface area contributed by atoms with Crippen molar-refractivity contribution in [3.8, 4) is 11.5 Å². The molecular formula is C29H33N5O3. The third kappa shape index (κ3) is 5.29. The van der Waals surface area contributed by atoms with E-state index in [4.69, 9.17) is 9.47 Å². The average molecular weight is 500 g/mol. The van der Waals surface area contributed by atoms with Gasteiger partial charge in [0.1, 0.15) is 5.52 Å². The molecule has 3 heterocycles. The summed E-state index contributed by atoms with van der Waals surface area (Å²) in [6.07, 6.45) is 5.36. The van der Waals surface area contributed by atoms with Crippen LogP contribution in [0.5, 0.6) is 11.5 Å². The van der Waals surface area contributed by atoms with Gasteiger partial charge in [0.15, 0.2) is 23.4 Å². The highest BCUT2D eigenvalue weighted by Gasteiger charge is 2.28. The third-order valence-electron chi connectivity index (χ3n) is 7.21. The third-order valence-corrected chi connectivity index (χ3v) is 7.21. The van der Waals surface area contributed by atoms with Crippen LogP contribution in [0.3, 0.4) is 0 Å². The summed E-state index contributed by atoms with van der Waals surface area (Å²) in [6, 6.07) is 16.6. The smallest absolute Gasteiger partial charge is 0.162 e. The van der Waals surface area contributed by atoms with Gasteiger partial charge in [0, 0.05) is 25.3 Å². The highest BCUT2D eigenvalue weighted by Crippen LogP contribution is 2.31. The maximum atomic E-state index is 12.0. The van der Waals surface area contributed by atoms with Gasteiger partial charge in [-0.15, -0.1) is 0 Å². The number of imidazole rings is 1. The largest absolute Gasteiger partial charge is 0.493 e. The zero-order chi connectivity index (χ0) is 25.8. The fourth-order valence-electron chi connectivity index (χ4n) is 5.05. The van der Waals surface area contributed by atoms with E-state index in [2.05, 4.69) is 51.4 Å². The van der Waals surface area contributed by atoms with Crippen LogP contribution in [-0.2, 0) is 13.1 Å². The molecule has 0 unspecified atom stereocenters. The van der Waals surface area contributed by atoms with Crippen molar-refractivity contribution in [2.24, 2.45) is 5.92 Å². The van der Waals surface area contributed by atoms with E-state index in [9.17, 15) is 4.79 Å². The molecular weight excluding hydrogens is 466 g/mol. The molecule has 8 heteroatoms. The molecule has 0 amide bonds. The summed E-state index contributed by atoms with van der Waals surface area (Å²) in [4.78, 5) is 23.7. The average Bonchev–Trinajstić information content (AvgIpc) is 3.34. The Kier molecular flexibility index (Phi) is 7.37. The summed E-state index contributed by atoms with van der Waals surface area (Å²) >= 11 is 0. The van der Waals surface area contributed by atoms with Gasteiger partial charge in [-0.25, -0.2) is 9.97 Å². The molecule has 37 heavy (non-hydrogen) atoms. The molecule has 1 aliphatic rings. The molecule has 1 fully saturated rings. The number of benzene rings is 2. The summed E-state index contributed by atoms with van der Waals surface area (Å²) in [6.45, 7) is 5.70. The van der Waals surface area contributed by atoms with Crippen molar-refractivity contribution in [3.05, 3.63) is 77.7 Å². The number of nitrogens with zero attached hydrogens (tertiary/aromatic N) is 4. The van der Waals surface area contributed by atoms with E-state index in [-0.39, 0.29) is 6.04 Å². The summed E-state index contributed by atoms with van der Waals surface area (Å²) in [7, 11) is 3.25. The van der Waals surface area contributed by atoms with E-state index >= 15 is 0 Å². The van der Waals surface area contributed by atoms with E-state index in [0.29, 0.717) is 35.0 Å². The predicted molar refractivity (Wildman–Crippen MR) is 144 cm³/mol. The van der Waals surface area contributed by atoms with Gasteiger partial charge in [0.2, 0.25) is 0 Å². The van der Waals surface area contributed by atoms with Crippen LogP contribution in [0.15, 0.2) is 61.1 Å². The summed E-state index contributed by atoms with van der Waals surface area (Å²) in [5.74, 6) is 1.82. The SMILES string of the molecule is COc1ccc(Cn2cnc3c(N[C@H]4CN(Cc5ccccc5)CC[C@H]4C)c(C=O)cnc32)cc1OC. The topological polar surface area (TPSA) is 81.5 Å². The minimum Gasteiger partial charge on any atom is -0.493 e. The number of nitrogens with one attached hydrogen (secondary N) is 1. The van der Waals surface area contributed by atoms with Gasteiger partial charge in [-0.3, -0.25) is 9.69 Å². The van der Waals surface area contributed by atoms with Gasteiger partial charge in [-0.2, -0.15) is 0 Å². The maximum absolute atomic E-state index is 12.0. The lowest BCUT2D eigenvalue weighted by Gasteiger charge is -2.38. The highest BCUT2D eigenvalue weighted by atomic mass is 16.5. The Balaban J connectivity index is 1.40. The molecule has 0 radical (unpaired) electrons. The van der Waals surface area contributed by atoms with Crippen molar-refractivity contribution < 1.29 is 14.3 Å². The number of aldehydes is 1. The number of aromatic nitrogens is 3. The second kappa shape index (κ2) is 11.0. The van der Waals surface area contributed by atoms with Crippen LogP contribution in [0.1, 0.15) is 34.8 Å². The Morgan fingerprint density at radius 3 is 2.59 bits per heavy atom. The second-order valence-electron chi connectivity index (χ2n) is 9.68. The first-order valence-electron chi connectivity index (χ1n) is 12.6. The number of likely N-dealkylation sites (tertiary alicyclic amines) is 1. The minimum atomic E-state index is 0.192. The molecule has 192 valence electrons. The number of methoxy groups -OCH3 is 2. The Labute approximate surface area is 217 Å². The Morgan fingerprint density at radius 1 is 1.03 bits per heavy atom. The first-order valence-corrected chi connectivity index (χ1v) is 12.6. The van der Waals surface area contributed by atoms with Crippen LogP contribution < -0.4 is 14.8 Å². The van der Waals surface area contributed by atoms with Crippen LogP contribution in [0.2, 0.25) is 0 Å². The molecule has 2 aromatic carbocycles. The normalized spacial score (nSPS) is 18.0. The molecule has 4 aromatic rings. The number of hydrogen-bond donors (Lipinski definition) is 1. The second-order valence-corrected chi connectivity index (χ2v) is 9.68. The van der Waals surface area contributed by atoms with Crippen LogP contribution in [-0.4, -0.2) is 59.1 Å². The quantitative estimate of drug-likeness (QED) is 0.336. The van der Waals surface area contributed by atoms with E-state index in [1.54, 1.807) is 26.7 Å². The zero-order valence-corrected chi connectivity index (χ0v) is 21.6. The monoisotopic (exact) mass is 499 g/mol. The number of anilines is 1. The lowest BCUT2D eigenvalue weighted by Crippen LogP contribution is -2.46. The standard InChI is InChI=1S/C29H33N5O3/c1-20-11-12-33(15-21-7-5-4-6-8-21)17-24(20)32-27-23(18-35)14-30-29-28(27)31-19-34(29)16-22-9-10-25(36-2)26(13-22)37-3/h4-10,13-14,18-20,24H,11-12,15-17H2,1-3H3,(H,30,32)/t20-,24+/m1/s1. The lowest BCUT2D eigenvalue weighted by molar-refractivity contribution is 0.112. The fourth-order valence-corrected chi connectivity index (χ4v) is 5.05. The molecule has 8 nitrogen and oxygen atoms in total. The van der Waals surface area contributed by atoms with Gasteiger partial charge in [-0.1, -0.05) is 43.3 Å². The molecule has 2 atom stereocenters. The number of ether oxygens (including phenoxy) is 2. The van der Waals surface area contributed by atoms with E-state index in [0.717, 1.165) is 49.2 Å².